The quantitative estimate of drug-likeness (QED) is 0.745. The Kier molecular flexibility index (Phi) is 5.18. The Morgan fingerprint density at radius 1 is 1.26 bits per heavy atom. The zero-order chi connectivity index (χ0) is 19.8. The largest absolute Gasteiger partial charge is 0.431 e. The van der Waals surface area contributed by atoms with Gasteiger partial charge in [0.15, 0.2) is 0 Å². The molecular formula is C17H16F3N3O3S. The SMILES string of the molecule is CCON=C1CCSc2ccc(-n3c(=O)cc(C(F)(F)F)n(C)c3=O)cc21. The van der Waals surface area contributed by atoms with Gasteiger partial charge in [0.25, 0.3) is 5.56 Å². The number of fused-ring (bicyclic) bond motifs is 1. The summed E-state index contributed by atoms with van der Waals surface area (Å²) < 4.78 is 40.1. The molecule has 0 saturated carbocycles. The lowest BCUT2D eigenvalue weighted by atomic mass is 10.1. The van der Waals surface area contributed by atoms with Crippen molar-refractivity contribution in [1.29, 1.82) is 0 Å². The summed E-state index contributed by atoms with van der Waals surface area (Å²) in [5.41, 5.74) is -1.85. The lowest BCUT2D eigenvalue weighted by Gasteiger charge is -2.19. The molecule has 2 aromatic rings. The zero-order valence-corrected chi connectivity index (χ0v) is 15.4. The summed E-state index contributed by atoms with van der Waals surface area (Å²) in [6, 6.07) is 5.26. The summed E-state index contributed by atoms with van der Waals surface area (Å²) in [6.07, 6.45) is -4.16. The molecule has 0 fully saturated rings. The Morgan fingerprint density at radius 2 is 2.00 bits per heavy atom. The molecule has 27 heavy (non-hydrogen) atoms. The summed E-state index contributed by atoms with van der Waals surface area (Å²) in [6.45, 7) is 2.19. The number of alkyl halides is 3. The first-order valence-electron chi connectivity index (χ1n) is 8.10. The highest BCUT2D eigenvalue weighted by molar-refractivity contribution is 7.99. The van der Waals surface area contributed by atoms with E-state index in [1.807, 2.05) is 0 Å². The Bertz CT molecular complexity index is 1020. The van der Waals surface area contributed by atoms with E-state index in [2.05, 4.69) is 5.16 Å². The Balaban J connectivity index is 2.18. The van der Waals surface area contributed by atoms with Crippen molar-refractivity contribution < 1.29 is 18.0 Å². The molecule has 144 valence electrons. The van der Waals surface area contributed by atoms with Gasteiger partial charge in [0.1, 0.15) is 12.3 Å². The van der Waals surface area contributed by atoms with Crippen LogP contribution in [0.3, 0.4) is 0 Å². The molecule has 0 saturated heterocycles. The number of aromatic nitrogens is 2. The molecule has 1 aliphatic heterocycles. The molecule has 0 aliphatic carbocycles. The second-order valence-electron chi connectivity index (χ2n) is 5.78. The molecule has 0 bridgehead atoms. The molecule has 0 N–H and O–H groups in total. The van der Waals surface area contributed by atoms with Gasteiger partial charge in [-0.25, -0.2) is 9.36 Å². The van der Waals surface area contributed by atoms with Crippen molar-refractivity contribution in [1.82, 2.24) is 9.13 Å². The Hall–Kier alpha value is -2.49. The summed E-state index contributed by atoms with van der Waals surface area (Å²) in [7, 11) is 0.983. The second kappa shape index (κ2) is 7.26. The van der Waals surface area contributed by atoms with E-state index in [0.29, 0.717) is 39.5 Å². The van der Waals surface area contributed by atoms with E-state index in [1.54, 1.807) is 30.8 Å². The molecular weight excluding hydrogens is 383 g/mol. The van der Waals surface area contributed by atoms with E-state index in [0.717, 1.165) is 17.7 Å². The van der Waals surface area contributed by atoms with Gasteiger partial charge in [-0.1, -0.05) is 5.16 Å². The molecule has 6 nitrogen and oxygen atoms in total. The van der Waals surface area contributed by atoms with Gasteiger partial charge < -0.3 is 4.84 Å². The monoisotopic (exact) mass is 399 g/mol. The topological polar surface area (TPSA) is 65.6 Å². The Labute approximate surface area is 156 Å². The van der Waals surface area contributed by atoms with Crippen molar-refractivity contribution >= 4 is 17.5 Å². The average Bonchev–Trinajstić information content (AvgIpc) is 2.62. The number of halogens is 3. The van der Waals surface area contributed by atoms with Gasteiger partial charge in [0.05, 0.1) is 11.4 Å². The van der Waals surface area contributed by atoms with E-state index < -0.39 is 23.1 Å². The fourth-order valence-corrected chi connectivity index (χ4v) is 3.79. The van der Waals surface area contributed by atoms with Crippen LogP contribution in [0.15, 0.2) is 43.9 Å². The lowest BCUT2D eigenvalue weighted by Crippen LogP contribution is -2.40. The highest BCUT2D eigenvalue weighted by atomic mass is 32.2. The standard InChI is InChI=1S/C17H16F3N3O3S/c1-3-26-21-12-6-7-27-13-5-4-10(8-11(12)13)23-15(24)9-14(17(18,19)20)22(2)16(23)25/h4-5,8-9H,3,6-7H2,1-2H3. The van der Waals surface area contributed by atoms with Crippen LogP contribution in [0.25, 0.3) is 5.69 Å². The number of hydrogen-bond acceptors (Lipinski definition) is 5. The molecule has 10 heteroatoms. The van der Waals surface area contributed by atoms with E-state index in [4.69, 9.17) is 4.84 Å². The van der Waals surface area contributed by atoms with E-state index in [-0.39, 0.29) is 5.69 Å². The minimum atomic E-state index is -4.80. The van der Waals surface area contributed by atoms with Crippen LogP contribution in [0.4, 0.5) is 13.2 Å². The van der Waals surface area contributed by atoms with Crippen molar-refractivity contribution in [3.63, 3.8) is 0 Å². The van der Waals surface area contributed by atoms with Crippen LogP contribution in [0.5, 0.6) is 0 Å². The van der Waals surface area contributed by atoms with Crippen LogP contribution in [0.1, 0.15) is 24.6 Å². The lowest BCUT2D eigenvalue weighted by molar-refractivity contribution is -0.144. The first-order chi connectivity index (χ1) is 12.7. The van der Waals surface area contributed by atoms with Crippen LogP contribution < -0.4 is 11.2 Å². The van der Waals surface area contributed by atoms with Gasteiger partial charge in [-0.3, -0.25) is 9.36 Å². The number of oxime groups is 1. The van der Waals surface area contributed by atoms with Crippen LogP contribution in [-0.4, -0.2) is 27.2 Å². The van der Waals surface area contributed by atoms with E-state index in [1.165, 1.54) is 6.07 Å². The maximum absolute atomic E-state index is 13.0. The van der Waals surface area contributed by atoms with Crippen molar-refractivity contribution in [3.8, 4) is 5.69 Å². The molecule has 1 aliphatic rings. The van der Waals surface area contributed by atoms with Crippen molar-refractivity contribution in [2.45, 2.75) is 24.4 Å². The minimum Gasteiger partial charge on any atom is -0.396 e. The number of thioether (sulfide) groups is 1. The normalized spacial score (nSPS) is 15.7. The van der Waals surface area contributed by atoms with Crippen LogP contribution >= 0.6 is 11.8 Å². The molecule has 1 aromatic heterocycles. The second-order valence-corrected chi connectivity index (χ2v) is 6.91. The number of rotatable bonds is 3. The maximum Gasteiger partial charge on any atom is 0.431 e. The van der Waals surface area contributed by atoms with Crippen LogP contribution in [0.2, 0.25) is 0 Å². The van der Waals surface area contributed by atoms with Crippen molar-refractivity contribution in [3.05, 3.63) is 56.4 Å². The highest BCUT2D eigenvalue weighted by Gasteiger charge is 2.35. The number of nitrogens with zero attached hydrogens (tertiary/aromatic N) is 3. The number of benzene rings is 1. The highest BCUT2D eigenvalue weighted by Crippen LogP contribution is 2.32. The van der Waals surface area contributed by atoms with Gasteiger partial charge in [-0.2, -0.15) is 13.2 Å². The summed E-state index contributed by atoms with van der Waals surface area (Å²) in [5, 5.41) is 4.07. The van der Waals surface area contributed by atoms with Crippen LogP contribution in [0, 0.1) is 0 Å². The first kappa shape index (κ1) is 19.3. The van der Waals surface area contributed by atoms with Crippen LogP contribution in [-0.2, 0) is 18.1 Å². The molecule has 0 radical (unpaired) electrons. The molecule has 2 heterocycles. The molecule has 3 rings (SSSR count). The molecule has 0 atom stereocenters. The van der Waals surface area contributed by atoms with Gasteiger partial charge in [0, 0.05) is 35.7 Å². The van der Waals surface area contributed by atoms with E-state index >= 15 is 0 Å². The van der Waals surface area contributed by atoms with E-state index in [9.17, 15) is 22.8 Å². The maximum atomic E-state index is 13.0. The summed E-state index contributed by atoms with van der Waals surface area (Å²) in [4.78, 5) is 30.7. The molecule has 0 unspecified atom stereocenters. The van der Waals surface area contributed by atoms with Crippen molar-refractivity contribution in [2.24, 2.45) is 12.2 Å². The number of hydrogen-bond donors (Lipinski definition) is 0. The predicted molar refractivity (Wildman–Crippen MR) is 95.8 cm³/mol. The first-order valence-corrected chi connectivity index (χ1v) is 9.09. The van der Waals surface area contributed by atoms with Gasteiger partial charge in [-0.05, 0) is 25.1 Å². The Morgan fingerprint density at radius 3 is 2.67 bits per heavy atom. The van der Waals surface area contributed by atoms with Gasteiger partial charge in [0.2, 0.25) is 0 Å². The third kappa shape index (κ3) is 3.66. The summed E-state index contributed by atoms with van der Waals surface area (Å²) >= 11 is 1.59. The minimum absolute atomic E-state index is 0.180. The molecule has 0 amide bonds. The average molecular weight is 399 g/mol. The fraction of sp³-hybridized carbons (Fsp3) is 0.353. The smallest absolute Gasteiger partial charge is 0.396 e. The summed E-state index contributed by atoms with van der Waals surface area (Å²) in [5.74, 6) is 0.806. The van der Waals surface area contributed by atoms with Gasteiger partial charge in [-0.15, -0.1) is 11.8 Å². The predicted octanol–water partition coefficient (Wildman–Crippen LogP) is 2.79. The van der Waals surface area contributed by atoms with Gasteiger partial charge >= 0.3 is 11.9 Å². The third-order valence-corrected chi connectivity index (χ3v) is 5.12. The third-order valence-electron chi connectivity index (χ3n) is 4.04. The molecule has 1 aromatic carbocycles. The van der Waals surface area contributed by atoms with Crippen molar-refractivity contribution in [2.75, 3.05) is 12.4 Å². The fourth-order valence-electron chi connectivity index (χ4n) is 2.77. The zero-order valence-electron chi connectivity index (χ0n) is 14.5. The molecule has 0 spiro atoms.